The highest BCUT2D eigenvalue weighted by molar-refractivity contribution is 6.08. The summed E-state index contributed by atoms with van der Waals surface area (Å²) in [6.07, 6.45) is 0. The van der Waals surface area contributed by atoms with Crippen molar-refractivity contribution in [3.63, 3.8) is 0 Å². The van der Waals surface area contributed by atoms with Crippen molar-refractivity contribution in [1.29, 1.82) is 0 Å². The van der Waals surface area contributed by atoms with Crippen molar-refractivity contribution in [2.75, 3.05) is 13.2 Å². The van der Waals surface area contributed by atoms with Gasteiger partial charge < -0.3 is 20.1 Å². The molecule has 2 aliphatic heterocycles. The van der Waals surface area contributed by atoms with Gasteiger partial charge in [-0.3, -0.25) is 19.9 Å². The molecule has 33 heavy (non-hydrogen) atoms. The molecule has 0 aliphatic carbocycles. The van der Waals surface area contributed by atoms with Crippen LogP contribution in [0.3, 0.4) is 0 Å². The van der Waals surface area contributed by atoms with E-state index in [0.717, 1.165) is 22.2 Å². The zero-order chi connectivity index (χ0) is 23.0. The lowest BCUT2D eigenvalue weighted by Gasteiger charge is -2.26. The first-order valence-electron chi connectivity index (χ1n) is 10.5. The van der Waals surface area contributed by atoms with Crippen molar-refractivity contribution in [2.45, 2.75) is 25.1 Å². The minimum Gasteiger partial charge on any atom is -0.489 e. The van der Waals surface area contributed by atoms with Gasteiger partial charge in [0.15, 0.2) is 5.54 Å². The highest BCUT2D eigenvalue weighted by Crippen LogP contribution is 2.24. The second-order valence-electron chi connectivity index (χ2n) is 8.17. The lowest BCUT2D eigenvalue weighted by Crippen LogP contribution is -2.62. The summed E-state index contributed by atoms with van der Waals surface area (Å²) in [5.41, 5.74) is 1.99. The molecule has 2 fully saturated rings. The summed E-state index contributed by atoms with van der Waals surface area (Å²) in [4.78, 5) is 41.1. The average Bonchev–Trinajstić information content (AvgIpc) is 3.33. The van der Waals surface area contributed by atoms with Crippen molar-refractivity contribution < 1.29 is 23.9 Å². The molecular weight excluding hydrogens is 424 g/mol. The van der Waals surface area contributed by atoms with Crippen LogP contribution in [-0.2, 0) is 16.1 Å². The number of rotatable bonds is 5. The zero-order valence-corrected chi connectivity index (χ0v) is 17.9. The Balaban J connectivity index is 1.25. The molecule has 168 valence electrons. The predicted molar refractivity (Wildman–Crippen MR) is 119 cm³/mol. The lowest BCUT2D eigenvalue weighted by atomic mass is 9.93. The number of imide groups is 1. The van der Waals surface area contributed by atoms with Crippen molar-refractivity contribution in [1.82, 2.24) is 20.9 Å². The molecule has 1 spiro atoms. The molecule has 2 aromatic carbocycles. The number of ether oxygens (including phenoxy) is 2. The maximum Gasteiger partial charge on any atom is 0.322 e. The van der Waals surface area contributed by atoms with E-state index >= 15 is 0 Å². The van der Waals surface area contributed by atoms with Crippen LogP contribution in [0.1, 0.15) is 21.6 Å². The van der Waals surface area contributed by atoms with E-state index in [0.29, 0.717) is 17.9 Å². The van der Waals surface area contributed by atoms with E-state index in [1.807, 2.05) is 37.3 Å². The highest BCUT2D eigenvalue weighted by atomic mass is 16.5. The van der Waals surface area contributed by atoms with E-state index in [1.54, 1.807) is 24.3 Å². The number of amides is 4. The van der Waals surface area contributed by atoms with E-state index in [4.69, 9.17) is 9.47 Å². The summed E-state index contributed by atoms with van der Waals surface area (Å²) >= 11 is 0. The van der Waals surface area contributed by atoms with Crippen LogP contribution in [0.4, 0.5) is 4.79 Å². The van der Waals surface area contributed by atoms with Crippen LogP contribution >= 0.6 is 0 Å². The van der Waals surface area contributed by atoms with E-state index in [9.17, 15) is 14.4 Å². The van der Waals surface area contributed by atoms with E-state index < -0.39 is 23.5 Å². The number of carbonyl (C=O) groups is 3. The summed E-state index contributed by atoms with van der Waals surface area (Å²) in [5, 5.41) is 8.61. The third-order valence-corrected chi connectivity index (χ3v) is 5.92. The number of hydrogen-bond acceptors (Lipinski definition) is 6. The average molecular weight is 446 g/mol. The second-order valence-corrected chi connectivity index (χ2v) is 8.17. The molecule has 0 saturated carbocycles. The Morgan fingerprint density at radius 2 is 2.00 bits per heavy atom. The maximum absolute atomic E-state index is 12.7. The third-order valence-electron chi connectivity index (χ3n) is 5.92. The molecule has 2 atom stereocenters. The first-order valence-corrected chi connectivity index (χ1v) is 10.5. The van der Waals surface area contributed by atoms with Crippen LogP contribution in [0, 0.1) is 6.92 Å². The number of fused-ring (bicyclic) bond motifs is 1. The molecule has 5 rings (SSSR count). The lowest BCUT2D eigenvalue weighted by molar-refractivity contribution is -0.124. The number of aromatic nitrogens is 1. The van der Waals surface area contributed by atoms with Crippen molar-refractivity contribution >= 4 is 28.7 Å². The van der Waals surface area contributed by atoms with Crippen LogP contribution in [0.15, 0.2) is 54.6 Å². The molecule has 0 unspecified atom stereocenters. The van der Waals surface area contributed by atoms with Gasteiger partial charge in [-0.15, -0.1) is 0 Å². The second kappa shape index (κ2) is 8.18. The number of aryl methyl sites for hydroxylation is 1. The van der Waals surface area contributed by atoms with Gasteiger partial charge in [0, 0.05) is 22.2 Å². The minimum absolute atomic E-state index is 0.00542. The summed E-state index contributed by atoms with van der Waals surface area (Å²) in [7, 11) is 0. The SMILES string of the molecule is Cc1cc(COc2ccc(C(=O)N[C@H]3COC[C@]34NC(=O)NC4=O)cc2)c2ccccc2n1. The normalized spacial score (nSPS) is 21.8. The summed E-state index contributed by atoms with van der Waals surface area (Å²) < 4.78 is 11.3. The van der Waals surface area contributed by atoms with Crippen molar-refractivity contribution in [3.8, 4) is 5.75 Å². The van der Waals surface area contributed by atoms with Gasteiger partial charge in [-0.2, -0.15) is 0 Å². The van der Waals surface area contributed by atoms with E-state index in [2.05, 4.69) is 20.9 Å². The van der Waals surface area contributed by atoms with E-state index in [-0.39, 0.29) is 19.1 Å². The molecule has 0 bridgehead atoms. The van der Waals surface area contributed by atoms with Gasteiger partial charge in [-0.25, -0.2) is 4.79 Å². The first-order chi connectivity index (χ1) is 15.9. The number of urea groups is 1. The fourth-order valence-corrected chi connectivity index (χ4v) is 4.22. The monoisotopic (exact) mass is 446 g/mol. The Labute approximate surface area is 189 Å². The molecule has 0 radical (unpaired) electrons. The third kappa shape index (κ3) is 3.87. The number of para-hydroxylation sites is 1. The number of pyridine rings is 1. The van der Waals surface area contributed by atoms with Crippen molar-refractivity contribution in [3.05, 3.63) is 71.4 Å². The first kappa shape index (κ1) is 20.9. The highest BCUT2D eigenvalue weighted by Gasteiger charge is 2.56. The predicted octanol–water partition coefficient (Wildman–Crippen LogP) is 1.83. The Morgan fingerprint density at radius 3 is 2.76 bits per heavy atom. The molecular formula is C24H22N4O5. The molecule has 4 amide bonds. The number of hydrogen-bond donors (Lipinski definition) is 3. The Kier molecular flexibility index (Phi) is 5.18. The summed E-state index contributed by atoms with van der Waals surface area (Å²) in [5.74, 6) is -0.257. The van der Waals surface area contributed by atoms with Crippen LogP contribution < -0.4 is 20.7 Å². The van der Waals surface area contributed by atoms with Gasteiger partial charge in [0.2, 0.25) is 0 Å². The number of nitrogens with zero attached hydrogens (tertiary/aromatic N) is 1. The molecule has 3 N–H and O–H groups in total. The van der Waals surface area contributed by atoms with Crippen LogP contribution in [0.5, 0.6) is 5.75 Å². The van der Waals surface area contributed by atoms with Gasteiger partial charge in [0.25, 0.3) is 11.8 Å². The van der Waals surface area contributed by atoms with Gasteiger partial charge >= 0.3 is 6.03 Å². The van der Waals surface area contributed by atoms with Crippen LogP contribution in [-0.4, -0.2) is 47.6 Å². The Bertz CT molecular complexity index is 1260. The van der Waals surface area contributed by atoms with Crippen molar-refractivity contribution in [2.24, 2.45) is 0 Å². The molecule has 9 nitrogen and oxygen atoms in total. The molecule has 3 aromatic rings. The number of carbonyl (C=O) groups excluding carboxylic acids is 3. The number of nitrogens with one attached hydrogen (secondary N) is 3. The Hall–Kier alpha value is -3.98. The molecule has 1 aromatic heterocycles. The van der Waals surface area contributed by atoms with Gasteiger partial charge in [-0.1, -0.05) is 18.2 Å². The smallest absolute Gasteiger partial charge is 0.322 e. The summed E-state index contributed by atoms with van der Waals surface area (Å²) in [6.45, 7) is 2.45. The van der Waals surface area contributed by atoms with Gasteiger partial charge in [0.1, 0.15) is 12.4 Å². The minimum atomic E-state index is -1.28. The standard InChI is InChI=1S/C24H22N4O5/c1-14-10-16(18-4-2-3-5-19(18)25-14)11-33-17-8-6-15(7-9-17)21(29)26-20-12-32-13-24(20)22(30)27-23(31)28-24/h2-10,20H,11-13H2,1H3,(H,26,29)(H2,27,28,30,31)/t20-,24-/m0/s1. The fraction of sp³-hybridized carbons (Fsp3) is 0.250. The van der Waals surface area contributed by atoms with Crippen LogP contribution in [0.25, 0.3) is 10.9 Å². The quantitative estimate of drug-likeness (QED) is 0.515. The topological polar surface area (TPSA) is 119 Å². The fourth-order valence-electron chi connectivity index (χ4n) is 4.22. The Morgan fingerprint density at radius 1 is 1.21 bits per heavy atom. The summed E-state index contributed by atoms with van der Waals surface area (Å²) in [6, 6.07) is 15.4. The largest absolute Gasteiger partial charge is 0.489 e. The molecule has 2 aliphatic rings. The number of benzene rings is 2. The van der Waals surface area contributed by atoms with Gasteiger partial charge in [0.05, 0.1) is 24.8 Å². The van der Waals surface area contributed by atoms with Gasteiger partial charge in [-0.05, 0) is 43.3 Å². The zero-order valence-electron chi connectivity index (χ0n) is 17.9. The van der Waals surface area contributed by atoms with Crippen LogP contribution in [0.2, 0.25) is 0 Å². The maximum atomic E-state index is 12.7. The molecule has 3 heterocycles. The van der Waals surface area contributed by atoms with E-state index in [1.165, 1.54) is 0 Å². The molecule has 9 heteroatoms. The molecule has 2 saturated heterocycles.